The van der Waals surface area contributed by atoms with Gasteiger partial charge in [-0.25, -0.2) is 17.5 Å². The van der Waals surface area contributed by atoms with Crippen molar-refractivity contribution in [3.05, 3.63) is 65.5 Å². The van der Waals surface area contributed by atoms with E-state index in [0.29, 0.717) is 13.0 Å². The van der Waals surface area contributed by atoms with Crippen molar-refractivity contribution in [3.8, 4) is 0 Å². The fourth-order valence-electron chi connectivity index (χ4n) is 1.91. The highest BCUT2D eigenvalue weighted by molar-refractivity contribution is 7.89. The molecule has 0 spiro atoms. The zero-order chi connectivity index (χ0) is 14.6. The molecule has 0 radical (unpaired) electrons. The maximum absolute atomic E-state index is 12.8. The molecule has 0 unspecified atom stereocenters. The molecule has 0 fully saturated rings. The molecule has 2 aromatic rings. The van der Waals surface area contributed by atoms with E-state index in [1.807, 2.05) is 31.2 Å². The summed E-state index contributed by atoms with van der Waals surface area (Å²) in [7, 11) is -3.58. The monoisotopic (exact) mass is 293 g/mol. The summed E-state index contributed by atoms with van der Waals surface area (Å²) in [6, 6.07) is 12.6. The van der Waals surface area contributed by atoms with E-state index in [4.69, 9.17) is 0 Å². The summed E-state index contributed by atoms with van der Waals surface area (Å²) in [4.78, 5) is 0.0729. The van der Waals surface area contributed by atoms with Crippen LogP contribution in [-0.2, 0) is 16.4 Å². The molecule has 0 saturated carbocycles. The summed E-state index contributed by atoms with van der Waals surface area (Å²) < 4.78 is 39.3. The van der Waals surface area contributed by atoms with E-state index in [-0.39, 0.29) is 4.90 Å². The number of halogens is 1. The first kappa shape index (κ1) is 14.7. The lowest BCUT2D eigenvalue weighted by Crippen LogP contribution is -2.26. The van der Waals surface area contributed by atoms with Crippen molar-refractivity contribution in [2.75, 3.05) is 6.54 Å². The molecule has 0 aliphatic carbocycles. The Morgan fingerprint density at radius 2 is 1.70 bits per heavy atom. The Morgan fingerprint density at radius 1 is 1.05 bits per heavy atom. The highest BCUT2D eigenvalue weighted by Crippen LogP contribution is 2.11. The van der Waals surface area contributed by atoms with Crippen molar-refractivity contribution < 1.29 is 12.8 Å². The summed E-state index contributed by atoms with van der Waals surface area (Å²) in [5.41, 5.74) is 2.24. The quantitative estimate of drug-likeness (QED) is 0.921. The molecule has 0 atom stereocenters. The minimum atomic E-state index is -3.58. The Bertz CT molecular complexity index is 681. The number of sulfonamides is 1. The molecule has 1 N–H and O–H groups in total. The summed E-state index contributed by atoms with van der Waals surface area (Å²) >= 11 is 0. The Balaban J connectivity index is 2.00. The summed E-state index contributed by atoms with van der Waals surface area (Å²) in [5.74, 6) is -0.455. The van der Waals surface area contributed by atoms with Crippen LogP contribution >= 0.6 is 0 Å². The number of hydrogen-bond acceptors (Lipinski definition) is 2. The molecular weight excluding hydrogens is 277 g/mol. The van der Waals surface area contributed by atoms with E-state index < -0.39 is 15.8 Å². The Kier molecular flexibility index (Phi) is 4.52. The molecule has 0 amide bonds. The van der Waals surface area contributed by atoms with Gasteiger partial charge in [0.1, 0.15) is 5.82 Å². The third kappa shape index (κ3) is 3.65. The van der Waals surface area contributed by atoms with Crippen LogP contribution in [0.25, 0.3) is 0 Å². The lowest BCUT2D eigenvalue weighted by molar-refractivity contribution is 0.580. The van der Waals surface area contributed by atoms with Gasteiger partial charge in [0.25, 0.3) is 0 Å². The number of nitrogens with one attached hydrogen (secondary N) is 1. The smallest absolute Gasteiger partial charge is 0.211 e. The molecule has 106 valence electrons. The average molecular weight is 293 g/mol. The second-order valence-electron chi connectivity index (χ2n) is 4.53. The van der Waals surface area contributed by atoms with E-state index >= 15 is 0 Å². The first-order valence-corrected chi connectivity index (χ1v) is 7.77. The first-order chi connectivity index (χ1) is 9.49. The van der Waals surface area contributed by atoms with Crippen molar-refractivity contribution in [2.45, 2.75) is 18.2 Å². The molecule has 0 aliphatic heterocycles. The highest BCUT2D eigenvalue weighted by atomic mass is 32.2. The van der Waals surface area contributed by atoms with Gasteiger partial charge in [0.05, 0.1) is 4.90 Å². The SMILES string of the molecule is Cc1ccccc1CCNS(=O)(=O)c1ccc(F)cc1. The van der Waals surface area contributed by atoms with Gasteiger partial charge in [0.15, 0.2) is 0 Å². The lowest BCUT2D eigenvalue weighted by atomic mass is 10.1. The first-order valence-electron chi connectivity index (χ1n) is 6.29. The number of benzene rings is 2. The lowest BCUT2D eigenvalue weighted by Gasteiger charge is -2.08. The number of hydrogen-bond donors (Lipinski definition) is 1. The fraction of sp³-hybridized carbons (Fsp3) is 0.200. The third-order valence-corrected chi connectivity index (χ3v) is 4.55. The molecule has 0 saturated heterocycles. The minimum absolute atomic E-state index is 0.0729. The van der Waals surface area contributed by atoms with E-state index in [0.717, 1.165) is 23.3 Å². The molecule has 5 heteroatoms. The molecule has 3 nitrogen and oxygen atoms in total. The van der Waals surface area contributed by atoms with Crippen LogP contribution in [0.4, 0.5) is 4.39 Å². The Hall–Kier alpha value is -1.72. The van der Waals surface area contributed by atoms with Gasteiger partial charge in [-0.2, -0.15) is 0 Å². The van der Waals surface area contributed by atoms with E-state index in [1.165, 1.54) is 12.1 Å². The maximum atomic E-state index is 12.8. The van der Waals surface area contributed by atoms with Gasteiger partial charge in [-0.05, 0) is 48.7 Å². The average Bonchev–Trinajstić information content (AvgIpc) is 2.41. The van der Waals surface area contributed by atoms with Crippen LogP contribution in [0, 0.1) is 12.7 Å². The molecule has 20 heavy (non-hydrogen) atoms. The maximum Gasteiger partial charge on any atom is 0.240 e. The molecular formula is C15H16FNO2S. The van der Waals surface area contributed by atoms with E-state index in [9.17, 15) is 12.8 Å². The van der Waals surface area contributed by atoms with Gasteiger partial charge >= 0.3 is 0 Å². The van der Waals surface area contributed by atoms with Crippen LogP contribution in [0.5, 0.6) is 0 Å². The minimum Gasteiger partial charge on any atom is -0.211 e. The normalized spacial score (nSPS) is 11.5. The van der Waals surface area contributed by atoms with E-state index in [1.54, 1.807) is 0 Å². The standard InChI is InChI=1S/C15H16FNO2S/c1-12-4-2-3-5-13(12)10-11-17-20(18,19)15-8-6-14(16)7-9-15/h2-9,17H,10-11H2,1H3. The van der Waals surface area contributed by atoms with Crippen LogP contribution in [0.15, 0.2) is 53.4 Å². The highest BCUT2D eigenvalue weighted by Gasteiger charge is 2.13. The van der Waals surface area contributed by atoms with Gasteiger partial charge in [-0.1, -0.05) is 24.3 Å². The van der Waals surface area contributed by atoms with Crippen molar-refractivity contribution >= 4 is 10.0 Å². The number of rotatable bonds is 5. The molecule has 0 aromatic heterocycles. The molecule has 2 aromatic carbocycles. The molecule has 2 rings (SSSR count). The number of aryl methyl sites for hydroxylation is 1. The summed E-state index contributed by atoms with van der Waals surface area (Å²) in [6.07, 6.45) is 0.618. The van der Waals surface area contributed by atoms with Crippen LogP contribution < -0.4 is 4.72 Å². The fourth-order valence-corrected chi connectivity index (χ4v) is 2.94. The predicted molar refractivity (Wildman–Crippen MR) is 76.5 cm³/mol. The predicted octanol–water partition coefficient (Wildman–Crippen LogP) is 2.66. The molecule has 0 heterocycles. The van der Waals surface area contributed by atoms with Gasteiger partial charge in [0, 0.05) is 6.54 Å². The molecule has 0 bridgehead atoms. The topological polar surface area (TPSA) is 46.2 Å². The zero-order valence-corrected chi connectivity index (χ0v) is 12.0. The van der Waals surface area contributed by atoms with Crippen molar-refractivity contribution in [3.63, 3.8) is 0 Å². The Morgan fingerprint density at radius 3 is 2.35 bits per heavy atom. The zero-order valence-electron chi connectivity index (χ0n) is 11.1. The van der Waals surface area contributed by atoms with Crippen molar-refractivity contribution in [2.24, 2.45) is 0 Å². The largest absolute Gasteiger partial charge is 0.240 e. The summed E-state index contributed by atoms with van der Waals surface area (Å²) in [5, 5.41) is 0. The van der Waals surface area contributed by atoms with Crippen molar-refractivity contribution in [1.82, 2.24) is 4.72 Å². The van der Waals surface area contributed by atoms with E-state index in [2.05, 4.69) is 4.72 Å². The molecule has 0 aliphatic rings. The third-order valence-electron chi connectivity index (χ3n) is 3.07. The van der Waals surface area contributed by atoms with Crippen LogP contribution in [-0.4, -0.2) is 15.0 Å². The van der Waals surface area contributed by atoms with Crippen LogP contribution in [0.3, 0.4) is 0 Å². The van der Waals surface area contributed by atoms with Crippen molar-refractivity contribution in [1.29, 1.82) is 0 Å². The van der Waals surface area contributed by atoms with Gasteiger partial charge in [-0.3, -0.25) is 0 Å². The van der Waals surface area contributed by atoms with Crippen LogP contribution in [0.1, 0.15) is 11.1 Å². The van der Waals surface area contributed by atoms with Gasteiger partial charge in [-0.15, -0.1) is 0 Å². The summed E-state index contributed by atoms with van der Waals surface area (Å²) in [6.45, 7) is 2.30. The van der Waals surface area contributed by atoms with Crippen LogP contribution in [0.2, 0.25) is 0 Å². The van der Waals surface area contributed by atoms with Gasteiger partial charge < -0.3 is 0 Å². The Labute approximate surface area is 118 Å². The second-order valence-corrected chi connectivity index (χ2v) is 6.30. The van der Waals surface area contributed by atoms with Gasteiger partial charge in [0.2, 0.25) is 10.0 Å². The second kappa shape index (κ2) is 6.15.